The van der Waals surface area contributed by atoms with E-state index in [9.17, 15) is 4.79 Å². The second kappa shape index (κ2) is 7.04. The molecule has 0 unspecified atom stereocenters. The van der Waals surface area contributed by atoms with E-state index in [1.165, 1.54) is 12.7 Å². The molecule has 4 heteroatoms. The van der Waals surface area contributed by atoms with Crippen LogP contribution in [0, 0.1) is 0 Å². The lowest BCUT2D eigenvalue weighted by Gasteiger charge is -2.16. The quantitative estimate of drug-likeness (QED) is 0.753. The first-order valence-electron chi connectivity index (χ1n) is 5.69. The van der Waals surface area contributed by atoms with Crippen molar-refractivity contribution in [3.8, 4) is 0 Å². The Hall–Kier alpha value is -1.39. The van der Waals surface area contributed by atoms with Crippen LogP contribution in [-0.4, -0.2) is 31.6 Å². The number of hydrogen-bond acceptors (Lipinski definition) is 4. The van der Waals surface area contributed by atoms with Crippen molar-refractivity contribution in [1.29, 1.82) is 0 Å². The molecule has 0 spiro atoms. The van der Waals surface area contributed by atoms with Gasteiger partial charge in [0.2, 0.25) is 0 Å². The summed E-state index contributed by atoms with van der Waals surface area (Å²) in [6.07, 6.45) is 0.420. The van der Waals surface area contributed by atoms with Crippen molar-refractivity contribution in [1.82, 2.24) is 4.90 Å². The molecule has 2 N–H and O–H groups in total. The molecule has 1 aromatic carbocycles. The van der Waals surface area contributed by atoms with Crippen molar-refractivity contribution in [2.24, 2.45) is 5.73 Å². The Kier molecular flexibility index (Phi) is 5.66. The molecule has 17 heavy (non-hydrogen) atoms. The summed E-state index contributed by atoms with van der Waals surface area (Å²) < 4.78 is 4.61. The Balaban J connectivity index is 2.44. The van der Waals surface area contributed by atoms with Gasteiger partial charge in [-0.2, -0.15) is 0 Å². The predicted octanol–water partition coefficient (Wildman–Crippen LogP) is 1.14. The zero-order valence-electron chi connectivity index (χ0n) is 10.5. The topological polar surface area (TPSA) is 55.6 Å². The molecular formula is C13H20N2O2. The number of carbonyl (C=O) groups is 1. The minimum atomic E-state index is -0.174. The fraction of sp³-hybridized carbons (Fsp3) is 0.462. The highest BCUT2D eigenvalue weighted by molar-refractivity contribution is 5.69. The van der Waals surface area contributed by atoms with Gasteiger partial charge in [-0.1, -0.05) is 24.3 Å². The highest BCUT2D eigenvalue weighted by Crippen LogP contribution is 2.07. The van der Waals surface area contributed by atoms with E-state index in [2.05, 4.69) is 21.8 Å². The summed E-state index contributed by atoms with van der Waals surface area (Å²) in [5, 5.41) is 0. The molecule has 0 fully saturated rings. The van der Waals surface area contributed by atoms with Crippen LogP contribution < -0.4 is 5.73 Å². The van der Waals surface area contributed by atoms with Crippen LogP contribution in [0.3, 0.4) is 0 Å². The van der Waals surface area contributed by atoms with Crippen molar-refractivity contribution in [3.05, 3.63) is 35.4 Å². The molecular weight excluding hydrogens is 216 g/mol. The molecule has 0 saturated carbocycles. The number of carbonyl (C=O) groups excluding carboxylic acids is 1. The third-order valence-corrected chi connectivity index (χ3v) is 2.60. The maximum atomic E-state index is 11.0. The van der Waals surface area contributed by atoms with Crippen LogP contribution in [0.25, 0.3) is 0 Å². The van der Waals surface area contributed by atoms with Crippen LogP contribution in [0.5, 0.6) is 0 Å². The molecule has 4 nitrogen and oxygen atoms in total. The Bertz CT molecular complexity index is 366. The minimum absolute atomic E-state index is 0.174. The summed E-state index contributed by atoms with van der Waals surface area (Å²) in [6, 6.07) is 8.17. The largest absolute Gasteiger partial charge is 0.469 e. The van der Waals surface area contributed by atoms with Crippen molar-refractivity contribution in [2.75, 3.05) is 20.7 Å². The summed E-state index contributed by atoms with van der Waals surface area (Å²) in [4.78, 5) is 13.1. The third-order valence-electron chi connectivity index (χ3n) is 2.60. The second-order valence-electron chi connectivity index (χ2n) is 4.09. The highest BCUT2D eigenvalue weighted by Gasteiger charge is 2.05. The summed E-state index contributed by atoms with van der Waals surface area (Å²) in [6.45, 7) is 2.06. The van der Waals surface area contributed by atoms with Crippen LogP contribution in [0.1, 0.15) is 17.5 Å². The number of benzene rings is 1. The van der Waals surface area contributed by atoms with Crippen LogP contribution in [0.4, 0.5) is 0 Å². The second-order valence-corrected chi connectivity index (χ2v) is 4.09. The first-order chi connectivity index (χ1) is 8.15. The van der Waals surface area contributed by atoms with Gasteiger partial charge in [0.1, 0.15) is 0 Å². The Labute approximate surface area is 102 Å². The van der Waals surface area contributed by atoms with Gasteiger partial charge in [0, 0.05) is 19.6 Å². The molecule has 0 atom stereocenters. The standard InChI is InChI=1S/C13H20N2O2/c1-15(7-6-13(16)17-2)10-12-5-3-4-11(8-12)9-14/h3-5,8H,6-7,9-10,14H2,1-2H3. The van der Waals surface area contributed by atoms with Crippen molar-refractivity contribution >= 4 is 5.97 Å². The van der Waals surface area contributed by atoms with Crippen LogP contribution in [0.15, 0.2) is 24.3 Å². The van der Waals surface area contributed by atoms with Crippen molar-refractivity contribution in [2.45, 2.75) is 19.5 Å². The summed E-state index contributed by atoms with van der Waals surface area (Å²) in [7, 11) is 3.39. The smallest absolute Gasteiger partial charge is 0.306 e. The Morgan fingerprint density at radius 3 is 2.76 bits per heavy atom. The van der Waals surface area contributed by atoms with E-state index in [4.69, 9.17) is 5.73 Å². The number of rotatable bonds is 6. The maximum absolute atomic E-state index is 11.0. The fourth-order valence-electron chi connectivity index (χ4n) is 1.63. The average molecular weight is 236 g/mol. The molecule has 1 aromatic rings. The minimum Gasteiger partial charge on any atom is -0.469 e. The Morgan fingerprint density at radius 1 is 1.41 bits per heavy atom. The molecule has 0 amide bonds. The van der Waals surface area contributed by atoms with Gasteiger partial charge in [-0.25, -0.2) is 0 Å². The Morgan fingerprint density at radius 2 is 2.12 bits per heavy atom. The normalized spacial score (nSPS) is 10.6. The van der Waals surface area contributed by atoms with Gasteiger partial charge in [-0.15, -0.1) is 0 Å². The monoisotopic (exact) mass is 236 g/mol. The molecule has 94 valence electrons. The third kappa shape index (κ3) is 4.97. The van der Waals surface area contributed by atoms with Gasteiger partial charge in [-0.05, 0) is 18.2 Å². The lowest BCUT2D eigenvalue weighted by Crippen LogP contribution is -2.22. The number of nitrogens with two attached hydrogens (primary N) is 1. The van der Waals surface area contributed by atoms with E-state index in [-0.39, 0.29) is 5.97 Å². The van der Waals surface area contributed by atoms with Gasteiger partial charge in [0.05, 0.1) is 13.5 Å². The SMILES string of the molecule is COC(=O)CCN(C)Cc1cccc(CN)c1. The lowest BCUT2D eigenvalue weighted by molar-refractivity contribution is -0.140. The molecule has 0 bridgehead atoms. The average Bonchev–Trinajstić information content (AvgIpc) is 2.36. The number of methoxy groups -OCH3 is 1. The van der Waals surface area contributed by atoms with E-state index in [0.29, 0.717) is 19.5 Å². The summed E-state index contributed by atoms with van der Waals surface area (Å²) in [5.41, 5.74) is 7.93. The van der Waals surface area contributed by atoms with Gasteiger partial charge >= 0.3 is 5.97 Å². The van der Waals surface area contributed by atoms with Gasteiger partial charge < -0.3 is 15.4 Å². The predicted molar refractivity (Wildman–Crippen MR) is 67.3 cm³/mol. The summed E-state index contributed by atoms with van der Waals surface area (Å²) in [5.74, 6) is -0.174. The molecule has 0 heterocycles. The fourth-order valence-corrected chi connectivity index (χ4v) is 1.63. The van der Waals surface area contributed by atoms with Crippen LogP contribution in [0.2, 0.25) is 0 Å². The molecule has 0 aliphatic rings. The lowest BCUT2D eigenvalue weighted by atomic mass is 10.1. The van der Waals surface area contributed by atoms with E-state index < -0.39 is 0 Å². The molecule has 0 aliphatic carbocycles. The number of esters is 1. The number of ether oxygens (including phenoxy) is 1. The molecule has 0 aromatic heterocycles. The van der Waals surface area contributed by atoms with Gasteiger partial charge in [0.25, 0.3) is 0 Å². The number of hydrogen-bond donors (Lipinski definition) is 1. The van der Waals surface area contributed by atoms with Crippen molar-refractivity contribution in [3.63, 3.8) is 0 Å². The first-order valence-corrected chi connectivity index (χ1v) is 5.69. The first kappa shape index (κ1) is 13.7. The maximum Gasteiger partial charge on any atom is 0.306 e. The van der Waals surface area contributed by atoms with E-state index in [0.717, 1.165) is 12.1 Å². The van der Waals surface area contributed by atoms with Crippen molar-refractivity contribution < 1.29 is 9.53 Å². The van der Waals surface area contributed by atoms with Gasteiger partial charge in [-0.3, -0.25) is 4.79 Å². The van der Waals surface area contributed by atoms with Gasteiger partial charge in [0.15, 0.2) is 0 Å². The molecule has 0 saturated heterocycles. The van der Waals surface area contributed by atoms with E-state index in [1.807, 2.05) is 19.2 Å². The zero-order valence-corrected chi connectivity index (χ0v) is 10.5. The van der Waals surface area contributed by atoms with E-state index in [1.54, 1.807) is 0 Å². The zero-order chi connectivity index (χ0) is 12.7. The highest BCUT2D eigenvalue weighted by atomic mass is 16.5. The molecule has 0 aliphatic heterocycles. The van der Waals surface area contributed by atoms with Crippen LogP contribution in [-0.2, 0) is 22.6 Å². The molecule has 1 rings (SSSR count). The number of nitrogens with zero attached hydrogens (tertiary/aromatic N) is 1. The summed E-state index contributed by atoms with van der Waals surface area (Å²) >= 11 is 0. The molecule has 0 radical (unpaired) electrons. The van der Waals surface area contributed by atoms with Crippen LogP contribution >= 0.6 is 0 Å². The van der Waals surface area contributed by atoms with E-state index >= 15 is 0 Å².